The van der Waals surface area contributed by atoms with Crippen molar-refractivity contribution in [2.24, 2.45) is 0 Å². The molecule has 0 N–H and O–H groups in total. The van der Waals surface area contributed by atoms with E-state index in [4.69, 9.17) is 11.6 Å². The maximum absolute atomic E-state index is 10.9. The van der Waals surface area contributed by atoms with Gasteiger partial charge >= 0.3 is 5.69 Å². The lowest BCUT2D eigenvalue weighted by molar-refractivity contribution is -0.388. The number of thioether (sulfide) groups is 1. The van der Waals surface area contributed by atoms with Crippen LogP contribution in [0.1, 0.15) is 32.1 Å². The van der Waals surface area contributed by atoms with E-state index in [9.17, 15) is 10.1 Å². The van der Waals surface area contributed by atoms with Gasteiger partial charge in [0, 0.05) is 11.3 Å². The SMILES string of the molecule is O=[N+]([O-])c1ccc(Cl)nc1SC1CCCCC1. The Morgan fingerprint density at radius 1 is 1.35 bits per heavy atom. The van der Waals surface area contributed by atoms with Crippen LogP contribution in [0.25, 0.3) is 0 Å². The number of pyridine rings is 1. The smallest absolute Gasteiger partial charge is 0.258 e. The van der Waals surface area contributed by atoms with E-state index in [0.29, 0.717) is 15.4 Å². The first-order chi connectivity index (χ1) is 8.16. The average molecular weight is 273 g/mol. The maximum Gasteiger partial charge on any atom is 0.301 e. The summed E-state index contributed by atoms with van der Waals surface area (Å²) in [5.74, 6) is 0. The van der Waals surface area contributed by atoms with Crippen molar-refractivity contribution >= 4 is 29.1 Å². The average Bonchev–Trinajstić information content (AvgIpc) is 2.30. The second-order valence-electron chi connectivity index (χ2n) is 4.09. The molecule has 1 aliphatic carbocycles. The van der Waals surface area contributed by atoms with Gasteiger partial charge in [0.15, 0.2) is 5.03 Å². The van der Waals surface area contributed by atoms with Crippen molar-refractivity contribution in [1.29, 1.82) is 0 Å². The first kappa shape index (κ1) is 12.6. The summed E-state index contributed by atoms with van der Waals surface area (Å²) in [6.07, 6.45) is 5.88. The highest BCUT2D eigenvalue weighted by atomic mass is 35.5. The van der Waals surface area contributed by atoms with Gasteiger partial charge < -0.3 is 0 Å². The molecular formula is C11H13ClN2O2S. The Morgan fingerprint density at radius 2 is 2.06 bits per heavy atom. The Kier molecular flexibility index (Phi) is 4.23. The van der Waals surface area contributed by atoms with Gasteiger partial charge in [-0.3, -0.25) is 10.1 Å². The zero-order chi connectivity index (χ0) is 12.3. The summed E-state index contributed by atoms with van der Waals surface area (Å²) in [6, 6.07) is 2.89. The molecule has 0 saturated heterocycles. The van der Waals surface area contributed by atoms with Gasteiger partial charge in [-0.2, -0.15) is 0 Å². The molecule has 0 atom stereocenters. The molecule has 1 aromatic rings. The summed E-state index contributed by atoms with van der Waals surface area (Å²) in [5, 5.41) is 12.1. The Balaban J connectivity index is 2.17. The monoisotopic (exact) mass is 272 g/mol. The van der Waals surface area contributed by atoms with Gasteiger partial charge in [0.25, 0.3) is 0 Å². The fraction of sp³-hybridized carbons (Fsp3) is 0.545. The zero-order valence-electron chi connectivity index (χ0n) is 9.26. The fourth-order valence-corrected chi connectivity index (χ4v) is 3.47. The van der Waals surface area contributed by atoms with Crippen molar-refractivity contribution in [2.75, 3.05) is 0 Å². The van der Waals surface area contributed by atoms with Crippen LogP contribution in [0.3, 0.4) is 0 Å². The molecule has 92 valence electrons. The van der Waals surface area contributed by atoms with Crippen LogP contribution < -0.4 is 0 Å². The highest BCUT2D eigenvalue weighted by molar-refractivity contribution is 8.00. The molecule has 0 aliphatic heterocycles. The minimum atomic E-state index is -0.394. The van der Waals surface area contributed by atoms with E-state index in [0.717, 1.165) is 12.8 Å². The highest BCUT2D eigenvalue weighted by Crippen LogP contribution is 2.37. The number of hydrogen-bond donors (Lipinski definition) is 0. The van der Waals surface area contributed by atoms with Crippen LogP contribution in [0.15, 0.2) is 17.2 Å². The molecule has 1 saturated carbocycles. The second kappa shape index (κ2) is 5.69. The Bertz CT molecular complexity index is 422. The summed E-state index contributed by atoms with van der Waals surface area (Å²) >= 11 is 7.29. The lowest BCUT2D eigenvalue weighted by Gasteiger charge is -2.20. The van der Waals surface area contributed by atoms with Crippen molar-refractivity contribution in [3.8, 4) is 0 Å². The lowest BCUT2D eigenvalue weighted by Crippen LogP contribution is -2.08. The van der Waals surface area contributed by atoms with Crippen molar-refractivity contribution in [3.63, 3.8) is 0 Å². The molecule has 1 heterocycles. The Labute approximate surface area is 109 Å². The number of nitro groups is 1. The zero-order valence-corrected chi connectivity index (χ0v) is 10.8. The Hall–Kier alpha value is -0.810. The summed E-state index contributed by atoms with van der Waals surface area (Å²) in [4.78, 5) is 14.6. The molecule has 1 aromatic heterocycles. The number of halogens is 1. The molecule has 0 radical (unpaired) electrons. The Morgan fingerprint density at radius 3 is 2.71 bits per heavy atom. The fourth-order valence-electron chi connectivity index (χ4n) is 1.98. The van der Waals surface area contributed by atoms with E-state index in [2.05, 4.69) is 4.98 Å². The molecule has 0 bridgehead atoms. The van der Waals surface area contributed by atoms with E-state index < -0.39 is 4.92 Å². The lowest BCUT2D eigenvalue weighted by atomic mass is 10.0. The highest BCUT2D eigenvalue weighted by Gasteiger charge is 2.22. The van der Waals surface area contributed by atoms with Crippen LogP contribution in [0.4, 0.5) is 5.69 Å². The summed E-state index contributed by atoms with van der Waals surface area (Å²) in [5.41, 5.74) is 0.0602. The normalized spacial score (nSPS) is 17.0. The van der Waals surface area contributed by atoms with E-state index in [1.165, 1.54) is 43.2 Å². The van der Waals surface area contributed by atoms with Gasteiger partial charge in [-0.05, 0) is 18.9 Å². The van der Waals surface area contributed by atoms with E-state index in [1.807, 2.05) is 0 Å². The molecule has 0 spiro atoms. The van der Waals surface area contributed by atoms with Crippen LogP contribution in [0, 0.1) is 10.1 Å². The molecule has 1 aliphatic rings. The van der Waals surface area contributed by atoms with Crippen LogP contribution in [-0.4, -0.2) is 15.2 Å². The van der Waals surface area contributed by atoms with Gasteiger partial charge in [-0.25, -0.2) is 4.98 Å². The predicted octanol–water partition coefficient (Wildman–Crippen LogP) is 4.07. The van der Waals surface area contributed by atoms with Crippen molar-refractivity contribution in [3.05, 3.63) is 27.4 Å². The minimum absolute atomic E-state index is 0.0602. The standard InChI is InChI=1S/C11H13ClN2O2S/c12-10-7-6-9(14(15)16)11(13-10)17-8-4-2-1-3-5-8/h6-8H,1-5H2. The minimum Gasteiger partial charge on any atom is -0.258 e. The third-order valence-corrected chi connectivity index (χ3v) is 4.37. The molecule has 0 amide bonds. The number of aromatic nitrogens is 1. The molecule has 2 rings (SSSR count). The number of nitrogens with zero attached hydrogens (tertiary/aromatic N) is 2. The molecule has 6 heteroatoms. The van der Waals surface area contributed by atoms with Gasteiger partial charge in [0.05, 0.1) is 4.92 Å². The van der Waals surface area contributed by atoms with Gasteiger partial charge in [0.1, 0.15) is 5.15 Å². The predicted molar refractivity (Wildman–Crippen MR) is 68.6 cm³/mol. The number of hydrogen-bond acceptors (Lipinski definition) is 4. The van der Waals surface area contributed by atoms with Crippen LogP contribution in [-0.2, 0) is 0 Å². The third kappa shape index (κ3) is 3.33. The quantitative estimate of drug-likeness (QED) is 0.473. The third-order valence-electron chi connectivity index (χ3n) is 2.83. The van der Waals surface area contributed by atoms with Crippen molar-refractivity contribution in [1.82, 2.24) is 4.98 Å². The molecular weight excluding hydrogens is 260 g/mol. The summed E-state index contributed by atoms with van der Waals surface area (Å²) < 4.78 is 0. The van der Waals surface area contributed by atoms with Crippen molar-refractivity contribution in [2.45, 2.75) is 42.4 Å². The van der Waals surface area contributed by atoms with Crippen LogP contribution in [0.5, 0.6) is 0 Å². The van der Waals surface area contributed by atoms with Crippen LogP contribution >= 0.6 is 23.4 Å². The topological polar surface area (TPSA) is 56.0 Å². The first-order valence-electron chi connectivity index (χ1n) is 5.64. The van der Waals surface area contributed by atoms with E-state index in [1.54, 1.807) is 0 Å². The second-order valence-corrected chi connectivity index (χ2v) is 5.77. The summed E-state index contributed by atoms with van der Waals surface area (Å²) in [6.45, 7) is 0. The molecule has 4 nitrogen and oxygen atoms in total. The molecule has 1 fully saturated rings. The van der Waals surface area contributed by atoms with E-state index in [-0.39, 0.29) is 5.69 Å². The van der Waals surface area contributed by atoms with Gasteiger partial charge in [-0.15, -0.1) is 0 Å². The van der Waals surface area contributed by atoms with Crippen LogP contribution in [0.2, 0.25) is 5.15 Å². The maximum atomic E-state index is 10.9. The number of rotatable bonds is 3. The molecule has 0 unspecified atom stereocenters. The first-order valence-corrected chi connectivity index (χ1v) is 6.90. The molecule has 17 heavy (non-hydrogen) atoms. The van der Waals surface area contributed by atoms with Gasteiger partial charge in [0.2, 0.25) is 0 Å². The largest absolute Gasteiger partial charge is 0.301 e. The van der Waals surface area contributed by atoms with E-state index >= 15 is 0 Å². The van der Waals surface area contributed by atoms with Crippen molar-refractivity contribution < 1.29 is 4.92 Å². The van der Waals surface area contributed by atoms with Gasteiger partial charge in [-0.1, -0.05) is 42.6 Å². The molecule has 0 aromatic carbocycles. The summed E-state index contributed by atoms with van der Waals surface area (Å²) in [7, 11) is 0.